The Morgan fingerprint density at radius 2 is 1.96 bits per heavy atom. The molecule has 0 aliphatic carbocycles. The number of methoxy groups -OCH3 is 1. The molecule has 0 unspecified atom stereocenters. The van der Waals surface area contributed by atoms with Crippen LogP contribution in [0.4, 0.5) is 0 Å². The number of rotatable bonds is 8. The molecule has 0 saturated heterocycles. The van der Waals surface area contributed by atoms with Crippen molar-refractivity contribution in [1.29, 1.82) is 0 Å². The molecule has 0 bridgehead atoms. The molecule has 0 heterocycles. The van der Waals surface area contributed by atoms with Crippen LogP contribution in [0.5, 0.6) is 5.75 Å². The highest BCUT2D eigenvalue weighted by Gasteiger charge is 2.06. The molecular weight excluding hydrogens is 365 g/mol. The normalized spacial score (nSPS) is 10.5. The number of benzene rings is 2. The summed E-state index contributed by atoms with van der Waals surface area (Å²) in [6.45, 7) is 0.473. The summed E-state index contributed by atoms with van der Waals surface area (Å²) >= 11 is 13.6. The molecule has 0 fully saturated rings. The molecule has 2 aromatic rings. The third-order valence-corrected chi connectivity index (χ3v) is 5.16. The van der Waals surface area contributed by atoms with E-state index in [9.17, 15) is 4.79 Å². The fraction of sp³-hybridized carbons (Fsp3) is 0.278. The maximum Gasteiger partial charge on any atom is 0.221 e. The number of thioether (sulfide) groups is 1. The van der Waals surface area contributed by atoms with Crippen LogP contribution in [0, 0.1) is 0 Å². The molecule has 2 rings (SSSR count). The van der Waals surface area contributed by atoms with Crippen LogP contribution >= 0.6 is 35.0 Å². The second kappa shape index (κ2) is 9.82. The van der Waals surface area contributed by atoms with Gasteiger partial charge in [-0.1, -0.05) is 47.5 Å². The van der Waals surface area contributed by atoms with Gasteiger partial charge in [-0.15, -0.1) is 0 Å². The van der Waals surface area contributed by atoms with Crippen LogP contribution in [-0.2, 0) is 17.1 Å². The van der Waals surface area contributed by atoms with Gasteiger partial charge >= 0.3 is 0 Å². The van der Waals surface area contributed by atoms with Crippen LogP contribution in [0.2, 0.25) is 10.0 Å². The average Bonchev–Trinajstić information content (AvgIpc) is 2.60. The lowest BCUT2D eigenvalue weighted by atomic mass is 10.2. The Bertz CT molecular complexity index is 694. The van der Waals surface area contributed by atoms with Gasteiger partial charge in [0.05, 0.1) is 17.2 Å². The Hall–Kier alpha value is -1.36. The molecule has 0 radical (unpaired) electrons. The lowest BCUT2D eigenvalue weighted by Crippen LogP contribution is -2.23. The molecular formula is C18H19Cl2NO2S. The van der Waals surface area contributed by atoms with Crippen molar-refractivity contribution in [3.05, 3.63) is 63.6 Å². The summed E-state index contributed by atoms with van der Waals surface area (Å²) in [6.07, 6.45) is 0.473. The maximum atomic E-state index is 11.9. The lowest BCUT2D eigenvalue weighted by Gasteiger charge is -2.09. The number of ether oxygens (including phenoxy) is 1. The Morgan fingerprint density at radius 1 is 1.17 bits per heavy atom. The number of carbonyl (C=O) groups excluding carboxylic acids is 1. The summed E-state index contributed by atoms with van der Waals surface area (Å²) < 4.78 is 5.27. The highest BCUT2D eigenvalue weighted by Crippen LogP contribution is 2.24. The van der Waals surface area contributed by atoms with Crippen molar-refractivity contribution in [2.24, 2.45) is 0 Å². The minimum Gasteiger partial charge on any atom is -0.496 e. The predicted octanol–water partition coefficient (Wildman–Crippen LogP) is 4.94. The first-order valence-electron chi connectivity index (χ1n) is 7.50. The summed E-state index contributed by atoms with van der Waals surface area (Å²) in [5.41, 5.74) is 2.07. The van der Waals surface area contributed by atoms with Crippen LogP contribution < -0.4 is 10.1 Å². The standard InChI is InChI=1S/C18H19Cl2NO2S/c1-23-17-5-3-2-4-14(17)11-21-18(22)8-9-24-12-13-6-7-15(19)16(20)10-13/h2-7,10H,8-9,11-12H2,1H3,(H,21,22). The van der Waals surface area contributed by atoms with E-state index in [2.05, 4.69) is 5.32 Å². The van der Waals surface area contributed by atoms with Crippen molar-refractivity contribution in [1.82, 2.24) is 5.32 Å². The number of para-hydroxylation sites is 1. The van der Waals surface area contributed by atoms with Gasteiger partial charge in [-0.25, -0.2) is 0 Å². The molecule has 0 aliphatic heterocycles. The number of halogens is 2. The van der Waals surface area contributed by atoms with E-state index in [4.69, 9.17) is 27.9 Å². The smallest absolute Gasteiger partial charge is 0.221 e. The van der Waals surface area contributed by atoms with Gasteiger partial charge in [0.15, 0.2) is 0 Å². The Kier molecular flexibility index (Phi) is 7.76. The minimum atomic E-state index is 0.0301. The monoisotopic (exact) mass is 383 g/mol. The zero-order valence-electron chi connectivity index (χ0n) is 13.4. The summed E-state index contributed by atoms with van der Waals surface area (Å²) in [6, 6.07) is 13.3. The molecule has 1 amide bonds. The zero-order chi connectivity index (χ0) is 17.4. The third-order valence-electron chi connectivity index (χ3n) is 3.39. The van der Waals surface area contributed by atoms with Crippen molar-refractivity contribution >= 4 is 40.9 Å². The first-order chi connectivity index (χ1) is 11.6. The molecule has 0 atom stereocenters. The Balaban J connectivity index is 1.69. The average molecular weight is 384 g/mol. The van der Waals surface area contributed by atoms with E-state index in [0.29, 0.717) is 23.0 Å². The van der Waals surface area contributed by atoms with E-state index in [-0.39, 0.29) is 5.91 Å². The zero-order valence-corrected chi connectivity index (χ0v) is 15.7. The van der Waals surface area contributed by atoms with E-state index in [1.54, 1.807) is 24.9 Å². The second-order valence-corrected chi connectivity index (χ2v) is 7.06. The summed E-state index contributed by atoms with van der Waals surface area (Å²) in [5.74, 6) is 2.36. The Labute approximate surface area is 156 Å². The van der Waals surface area contributed by atoms with Crippen molar-refractivity contribution < 1.29 is 9.53 Å². The first-order valence-corrected chi connectivity index (χ1v) is 9.41. The van der Waals surface area contributed by atoms with Gasteiger partial charge in [0.2, 0.25) is 5.91 Å². The number of hydrogen-bond donors (Lipinski definition) is 1. The van der Waals surface area contributed by atoms with E-state index < -0.39 is 0 Å². The van der Waals surface area contributed by atoms with Crippen molar-refractivity contribution in [3.8, 4) is 5.75 Å². The van der Waals surface area contributed by atoms with Crippen LogP contribution in [0.15, 0.2) is 42.5 Å². The van der Waals surface area contributed by atoms with Gasteiger partial charge in [0.25, 0.3) is 0 Å². The molecule has 0 spiro atoms. The van der Waals surface area contributed by atoms with Gasteiger partial charge in [-0.3, -0.25) is 4.79 Å². The van der Waals surface area contributed by atoms with Crippen LogP contribution in [0.3, 0.4) is 0 Å². The molecule has 24 heavy (non-hydrogen) atoms. The molecule has 0 saturated carbocycles. The molecule has 128 valence electrons. The summed E-state index contributed by atoms with van der Waals surface area (Å²) in [5, 5.41) is 4.03. The number of carbonyl (C=O) groups is 1. The first kappa shape index (κ1) is 19.0. The molecule has 0 aromatic heterocycles. The van der Waals surface area contributed by atoms with Gasteiger partial charge in [-0.05, 0) is 23.8 Å². The number of amides is 1. The lowest BCUT2D eigenvalue weighted by molar-refractivity contribution is -0.120. The van der Waals surface area contributed by atoms with Crippen molar-refractivity contribution in [2.45, 2.75) is 18.7 Å². The predicted molar refractivity (Wildman–Crippen MR) is 102 cm³/mol. The quantitative estimate of drug-likeness (QED) is 0.655. The number of nitrogens with one attached hydrogen (secondary N) is 1. The fourth-order valence-corrected chi connectivity index (χ4v) is 3.33. The molecule has 1 N–H and O–H groups in total. The van der Waals surface area contributed by atoms with Crippen molar-refractivity contribution in [2.75, 3.05) is 12.9 Å². The summed E-state index contributed by atoms with van der Waals surface area (Å²) in [4.78, 5) is 11.9. The van der Waals surface area contributed by atoms with Gasteiger partial charge in [0, 0.05) is 30.0 Å². The SMILES string of the molecule is COc1ccccc1CNC(=O)CCSCc1ccc(Cl)c(Cl)c1. The largest absolute Gasteiger partial charge is 0.496 e. The number of hydrogen-bond acceptors (Lipinski definition) is 3. The Morgan fingerprint density at radius 3 is 2.71 bits per heavy atom. The molecule has 6 heteroatoms. The van der Waals surface area contributed by atoms with Crippen LogP contribution in [0.1, 0.15) is 17.5 Å². The van der Waals surface area contributed by atoms with E-state index in [1.165, 1.54) is 0 Å². The topological polar surface area (TPSA) is 38.3 Å². The van der Waals surface area contributed by atoms with Gasteiger partial charge in [0.1, 0.15) is 5.75 Å². The minimum absolute atomic E-state index is 0.0301. The molecule has 2 aromatic carbocycles. The maximum absolute atomic E-state index is 11.9. The fourth-order valence-electron chi connectivity index (χ4n) is 2.12. The molecule has 3 nitrogen and oxygen atoms in total. The van der Waals surface area contributed by atoms with E-state index in [1.807, 2.05) is 36.4 Å². The van der Waals surface area contributed by atoms with Crippen LogP contribution in [0.25, 0.3) is 0 Å². The van der Waals surface area contributed by atoms with Gasteiger partial charge < -0.3 is 10.1 Å². The van der Waals surface area contributed by atoms with E-state index >= 15 is 0 Å². The van der Waals surface area contributed by atoms with E-state index in [0.717, 1.165) is 28.4 Å². The second-order valence-electron chi connectivity index (χ2n) is 5.14. The summed E-state index contributed by atoms with van der Waals surface area (Å²) in [7, 11) is 1.63. The van der Waals surface area contributed by atoms with Crippen LogP contribution in [-0.4, -0.2) is 18.8 Å². The van der Waals surface area contributed by atoms with Crippen molar-refractivity contribution in [3.63, 3.8) is 0 Å². The molecule has 0 aliphatic rings. The highest BCUT2D eigenvalue weighted by atomic mass is 35.5. The third kappa shape index (κ3) is 5.93. The highest BCUT2D eigenvalue weighted by molar-refractivity contribution is 7.98. The van der Waals surface area contributed by atoms with Gasteiger partial charge in [-0.2, -0.15) is 11.8 Å².